The van der Waals surface area contributed by atoms with Crippen LogP contribution in [-0.2, 0) is 0 Å². The summed E-state index contributed by atoms with van der Waals surface area (Å²) in [5, 5.41) is 0. The first-order chi connectivity index (χ1) is 8.38. The quantitative estimate of drug-likeness (QED) is 0.753. The van der Waals surface area contributed by atoms with Crippen LogP contribution in [0.3, 0.4) is 0 Å². The molecule has 3 rings (SSSR count). The summed E-state index contributed by atoms with van der Waals surface area (Å²) in [6.07, 6.45) is 8.62. The second kappa shape index (κ2) is 4.09. The van der Waals surface area contributed by atoms with Gasteiger partial charge in [0.15, 0.2) is 6.29 Å². The molecule has 17 heavy (non-hydrogen) atoms. The Labute approximate surface area is 99.5 Å². The zero-order valence-corrected chi connectivity index (χ0v) is 9.34. The van der Waals surface area contributed by atoms with E-state index in [0.717, 1.165) is 17.5 Å². The minimum absolute atomic E-state index is 0.618. The van der Waals surface area contributed by atoms with E-state index in [0.29, 0.717) is 11.5 Å². The Bertz CT molecular complexity index is 547. The van der Waals surface area contributed by atoms with Crippen LogP contribution in [0.5, 0.6) is 0 Å². The molecule has 0 atom stereocenters. The zero-order chi connectivity index (χ0) is 11.7. The maximum absolute atomic E-state index is 11.1. The highest BCUT2D eigenvalue weighted by atomic mass is 16.1. The first-order valence-electron chi connectivity index (χ1n) is 5.74. The van der Waals surface area contributed by atoms with Gasteiger partial charge in [-0.1, -0.05) is 0 Å². The van der Waals surface area contributed by atoms with Gasteiger partial charge in [-0.2, -0.15) is 0 Å². The molecule has 2 aromatic heterocycles. The van der Waals surface area contributed by atoms with E-state index in [-0.39, 0.29) is 0 Å². The van der Waals surface area contributed by atoms with E-state index >= 15 is 0 Å². The largest absolute Gasteiger partial charge is 0.298 e. The summed E-state index contributed by atoms with van der Waals surface area (Å²) in [5.74, 6) is 0.618. The third-order valence-electron chi connectivity index (χ3n) is 3.07. The molecule has 0 amide bonds. The summed E-state index contributed by atoms with van der Waals surface area (Å²) in [6, 6.07) is 5.70. The normalized spacial score (nSPS) is 14.6. The van der Waals surface area contributed by atoms with Gasteiger partial charge < -0.3 is 0 Å². The van der Waals surface area contributed by atoms with Crippen molar-refractivity contribution < 1.29 is 4.79 Å². The topological polar surface area (TPSA) is 42.9 Å². The van der Waals surface area contributed by atoms with Crippen molar-refractivity contribution in [1.82, 2.24) is 9.97 Å². The predicted molar refractivity (Wildman–Crippen MR) is 64.8 cm³/mol. The fourth-order valence-electron chi connectivity index (χ4n) is 1.98. The van der Waals surface area contributed by atoms with Crippen LogP contribution in [0.2, 0.25) is 0 Å². The van der Waals surface area contributed by atoms with Crippen molar-refractivity contribution in [3.05, 3.63) is 47.9 Å². The van der Waals surface area contributed by atoms with Crippen LogP contribution in [-0.4, -0.2) is 16.3 Å². The summed E-state index contributed by atoms with van der Waals surface area (Å²) >= 11 is 0. The molecule has 1 fully saturated rings. The number of nitrogens with zero attached hydrogens (tertiary/aromatic N) is 2. The van der Waals surface area contributed by atoms with Gasteiger partial charge in [0.25, 0.3) is 0 Å². The maximum Gasteiger partial charge on any atom is 0.152 e. The molecular formula is C14H12N2O. The van der Waals surface area contributed by atoms with Crippen molar-refractivity contribution in [1.29, 1.82) is 0 Å². The predicted octanol–water partition coefficient (Wildman–Crippen LogP) is 2.83. The highest BCUT2D eigenvalue weighted by Crippen LogP contribution is 2.40. The molecule has 0 unspecified atom stereocenters. The van der Waals surface area contributed by atoms with Gasteiger partial charge in [0.2, 0.25) is 0 Å². The maximum atomic E-state index is 11.1. The second-order valence-electron chi connectivity index (χ2n) is 4.33. The summed E-state index contributed by atoms with van der Waals surface area (Å²) in [4.78, 5) is 19.5. The molecule has 1 aliphatic rings. The van der Waals surface area contributed by atoms with E-state index in [4.69, 9.17) is 0 Å². The van der Waals surface area contributed by atoms with Crippen molar-refractivity contribution in [2.24, 2.45) is 0 Å². The standard InChI is InChI=1S/C14H12N2O/c17-9-13-7-12(10-1-2-10)8-16-14(13)11-3-5-15-6-4-11/h3-10H,1-2H2. The Morgan fingerprint density at radius 3 is 2.65 bits per heavy atom. The van der Waals surface area contributed by atoms with Crippen molar-refractivity contribution in [3.8, 4) is 11.3 Å². The molecule has 0 spiro atoms. The fourth-order valence-corrected chi connectivity index (χ4v) is 1.98. The highest BCUT2D eigenvalue weighted by Gasteiger charge is 2.24. The lowest BCUT2D eigenvalue weighted by atomic mass is 10.0. The Morgan fingerprint density at radius 1 is 1.24 bits per heavy atom. The number of carbonyl (C=O) groups is 1. The van der Waals surface area contributed by atoms with Gasteiger partial charge in [-0.25, -0.2) is 0 Å². The molecule has 84 valence electrons. The highest BCUT2D eigenvalue weighted by molar-refractivity contribution is 5.85. The van der Waals surface area contributed by atoms with Gasteiger partial charge >= 0.3 is 0 Å². The van der Waals surface area contributed by atoms with Gasteiger partial charge in [-0.15, -0.1) is 0 Å². The van der Waals surface area contributed by atoms with Crippen LogP contribution in [0.15, 0.2) is 36.8 Å². The number of aldehydes is 1. The molecule has 0 aromatic carbocycles. The first-order valence-corrected chi connectivity index (χ1v) is 5.74. The lowest BCUT2D eigenvalue weighted by Crippen LogP contribution is -1.94. The van der Waals surface area contributed by atoms with E-state index < -0.39 is 0 Å². The van der Waals surface area contributed by atoms with Crippen LogP contribution in [0.1, 0.15) is 34.7 Å². The fraction of sp³-hybridized carbons (Fsp3) is 0.214. The molecule has 3 nitrogen and oxygen atoms in total. The smallest absolute Gasteiger partial charge is 0.152 e. The Morgan fingerprint density at radius 2 is 2.00 bits per heavy atom. The van der Waals surface area contributed by atoms with Crippen molar-refractivity contribution in [2.45, 2.75) is 18.8 Å². The van der Waals surface area contributed by atoms with Crippen LogP contribution >= 0.6 is 0 Å². The Kier molecular flexibility index (Phi) is 2.44. The Hall–Kier alpha value is -2.03. The number of pyridine rings is 2. The molecule has 2 aromatic rings. The minimum Gasteiger partial charge on any atom is -0.298 e. The Balaban J connectivity index is 2.07. The SMILES string of the molecule is O=Cc1cc(C2CC2)cnc1-c1ccncc1. The minimum atomic E-state index is 0.618. The van der Waals surface area contributed by atoms with Crippen molar-refractivity contribution in [2.75, 3.05) is 0 Å². The van der Waals surface area contributed by atoms with Crippen molar-refractivity contribution in [3.63, 3.8) is 0 Å². The molecular weight excluding hydrogens is 212 g/mol. The van der Waals surface area contributed by atoms with E-state index in [9.17, 15) is 4.79 Å². The molecule has 2 heterocycles. The molecule has 0 radical (unpaired) electrons. The number of rotatable bonds is 3. The van der Waals surface area contributed by atoms with E-state index in [1.54, 1.807) is 12.4 Å². The number of aromatic nitrogens is 2. The van der Waals surface area contributed by atoms with Gasteiger partial charge in [0.1, 0.15) is 0 Å². The molecule has 1 aliphatic carbocycles. The van der Waals surface area contributed by atoms with Gasteiger partial charge in [-0.3, -0.25) is 14.8 Å². The molecule has 0 saturated heterocycles. The van der Waals surface area contributed by atoms with E-state index in [2.05, 4.69) is 9.97 Å². The lowest BCUT2D eigenvalue weighted by molar-refractivity contribution is 0.112. The average Bonchev–Trinajstić information content (AvgIpc) is 3.23. The van der Waals surface area contributed by atoms with Gasteiger partial charge in [-0.05, 0) is 42.5 Å². The third-order valence-corrected chi connectivity index (χ3v) is 3.07. The van der Waals surface area contributed by atoms with Gasteiger partial charge in [0.05, 0.1) is 5.69 Å². The van der Waals surface area contributed by atoms with Crippen LogP contribution < -0.4 is 0 Å². The van der Waals surface area contributed by atoms with Crippen LogP contribution in [0.4, 0.5) is 0 Å². The van der Waals surface area contributed by atoms with Crippen LogP contribution in [0, 0.1) is 0 Å². The monoisotopic (exact) mass is 224 g/mol. The lowest BCUT2D eigenvalue weighted by Gasteiger charge is -2.06. The number of hydrogen-bond donors (Lipinski definition) is 0. The number of carbonyl (C=O) groups excluding carboxylic acids is 1. The molecule has 1 saturated carbocycles. The van der Waals surface area contributed by atoms with Gasteiger partial charge in [0, 0.05) is 29.7 Å². The van der Waals surface area contributed by atoms with Crippen molar-refractivity contribution >= 4 is 6.29 Å². The summed E-state index contributed by atoms with van der Waals surface area (Å²) in [5.41, 5.74) is 3.53. The molecule has 3 heteroatoms. The molecule has 0 N–H and O–H groups in total. The molecule has 0 bridgehead atoms. The zero-order valence-electron chi connectivity index (χ0n) is 9.34. The average molecular weight is 224 g/mol. The van der Waals surface area contributed by atoms with Crippen LogP contribution in [0.25, 0.3) is 11.3 Å². The summed E-state index contributed by atoms with van der Waals surface area (Å²) < 4.78 is 0. The first kappa shape index (κ1) is 10.1. The number of hydrogen-bond acceptors (Lipinski definition) is 3. The third kappa shape index (κ3) is 1.96. The summed E-state index contributed by atoms with van der Waals surface area (Å²) in [7, 11) is 0. The summed E-state index contributed by atoms with van der Waals surface area (Å²) in [6.45, 7) is 0. The second-order valence-corrected chi connectivity index (χ2v) is 4.33. The van der Waals surface area contributed by atoms with E-state index in [1.165, 1.54) is 18.4 Å². The molecule has 0 aliphatic heterocycles. The van der Waals surface area contributed by atoms with E-state index in [1.807, 2.05) is 24.4 Å².